The van der Waals surface area contributed by atoms with Crippen LogP contribution in [0.1, 0.15) is 72.9 Å². The fourth-order valence-electron chi connectivity index (χ4n) is 4.79. The van der Waals surface area contributed by atoms with Crippen molar-refractivity contribution in [2.24, 2.45) is 0 Å². The van der Waals surface area contributed by atoms with Gasteiger partial charge < -0.3 is 9.47 Å². The molecule has 4 aliphatic heterocycles. The lowest BCUT2D eigenvalue weighted by Crippen LogP contribution is -1.99. The number of hydrogen-bond donors (Lipinski definition) is 0. The minimum Gasteiger partial charge on any atom is -0.489 e. The largest absolute Gasteiger partial charge is 0.489 e. The summed E-state index contributed by atoms with van der Waals surface area (Å²) in [6.07, 6.45) is 13.4. The Kier molecular flexibility index (Phi) is 9.00. The van der Waals surface area contributed by atoms with Gasteiger partial charge >= 0.3 is 0 Å². The fraction of sp³-hybridized carbons (Fsp3) is 0.375. The third-order valence-corrected chi connectivity index (χ3v) is 7.02. The second kappa shape index (κ2) is 13.2. The third-order valence-electron chi connectivity index (χ3n) is 7.02. The van der Waals surface area contributed by atoms with Crippen LogP contribution in [0.25, 0.3) is 5.69 Å². The molecule has 37 heavy (non-hydrogen) atoms. The van der Waals surface area contributed by atoms with Gasteiger partial charge in [-0.15, -0.1) is 5.10 Å². The number of rotatable bonds is 0. The first-order chi connectivity index (χ1) is 18.3. The van der Waals surface area contributed by atoms with Crippen LogP contribution >= 0.6 is 0 Å². The molecule has 0 fully saturated rings. The second-order valence-corrected chi connectivity index (χ2v) is 10.0. The molecule has 0 aliphatic carbocycles. The van der Waals surface area contributed by atoms with Gasteiger partial charge in [-0.25, -0.2) is 4.68 Å². The summed E-state index contributed by atoms with van der Waals surface area (Å²) in [7, 11) is 0. The van der Waals surface area contributed by atoms with Crippen molar-refractivity contribution in [3.63, 3.8) is 0 Å². The van der Waals surface area contributed by atoms with Gasteiger partial charge in [0.15, 0.2) is 0 Å². The van der Waals surface area contributed by atoms with E-state index in [0.717, 1.165) is 30.0 Å². The zero-order valence-corrected chi connectivity index (χ0v) is 21.6. The minimum absolute atomic E-state index is 0.425. The molecule has 0 unspecified atom stereocenters. The van der Waals surface area contributed by atoms with Crippen LogP contribution in [0.3, 0.4) is 0 Å². The summed E-state index contributed by atoms with van der Waals surface area (Å²) in [4.78, 5) is 0. The van der Waals surface area contributed by atoms with Gasteiger partial charge in [-0.1, -0.05) is 91.9 Å². The molecule has 4 aromatic rings. The van der Waals surface area contributed by atoms with Crippen molar-refractivity contribution in [3.05, 3.63) is 107 Å². The predicted molar refractivity (Wildman–Crippen MR) is 147 cm³/mol. The summed E-state index contributed by atoms with van der Waals surface area (Å²) in [5.74, 6) is 0.812. The first-order valence-electron chi connectivity index (χ1n) is 13.7. The number of aromatic nitrogens is 3. The quantitative estimate of drug-likeness (QED) is 0.255. The third kappa shape index (κ3) is 7.77. The average molecular weight is 496 g/mol. The lowest BCUT2D eigenvalue weighted by molar-refractivity contribution is 0.104. The number of ether oxygens (including phenoxy) is 2. The molecule has 0 N–H and O–H groups in total. The molecule has 1 aromatic heterocycles. The number of hydrogen-bond acceptors (Lipinski definition) is 4. The summed E-state index contributed by atoms with van der Waals surface area (Å²) >= 11 is 0. The van der Waals surface area contributed by atoms with Gasteiger partial charge in [0.25, 0.3) is 0 Å². The standard InChI is InChI=1S/C32H37N3O2/c1-2-4-6-9-26-13-17-28(18-14-26)23-36-25-30-22-35(34-33-30)31-11-8-12-32(21-31)37-24-29-19-15-27(16-20-29)10-7-5-3-1/h8,11-22H,1-7,9-10,23-25H2. The number of aryl methyl sites for hydroxylation is 2. The molecule has 5 heteroatoms. The van der Waals surface area contributed by atoms with E-state index >= 15 is 0 Å². The Labute approximate surface area is 220 Å². The molecule has 0 saturated heterocycles. The van der Waals surface area contributed by atoms with Crippen LogP contribution in [0.5, 0.6) is 5.75 Å². The van der Waals surface area contributed by atoms with E-state index in [2.05, 4.69) is 58.8 Å². The topological polar surface area (TPSA) is 49.2 Å². The van der Waals surface area contributed by atoms with Crippen molar-refractivity contribution in [3.8, 4) is 11.4 Å². The molecule has 0 spiro atoms. The van der Waals surface area contributed by atoms with Gasteiger partial charge in [-0.3, -0.25) is 0 Å². The molecule has 5 nitrogen and oxygen atoms in total. The van der Waals surface area contributed by atoms with Gasteiger partial charge in [0.05, 0.1) is 25.1 Å². The van der Waals surface area contributed by atoms with Gasteiger partial charge in [0.2, 0.25) is 0 Å². The van der Waals surface area contributed by atoms with Crippen LogP contribution < -0.4 is 4.74 Å². The van der Waals surface area contributed by atoms with Crippen molar-refractivity contribution in [1.82, 2.24) is 15.0 Å². The van der Waals surface area contributed by atoms with Crippen LogP contribution in [0.4, 0.5) is 0 Å². The van der Waals surface area contributed by atoms with Gasteiger partial charge in [0.1, 0.15) is 18.1 Å². The van der Waals surface area contributed by atoms with Crippen LogP contribution in [-0.4, -0.2) is 15.0 Å². The SMILES string of the molecule is c1cc2cc(c1)-n1cc(nn1)COCc1ccc(cc1)CCCCCCCCCc1ccc(cc1)CO2. The Morgan fingerprint density at radius 3 is 1.86 bits per heavy atom. The second-order valence-electron chi connectivity index (χ2n) is 10.0. The molecule has 0 amide bonds. The summed E-state index contributed by atoms with van der Waals surface area (Å²) in [6, 6.07) is 25.7. The Morgan fingerprint density at radius 2 is 1.19 bits per heavy atom. The molecular weight excluding hydrogens is 458 g/mol. The first-order valence-corrected chi connectivity index (χ1v) is 13.7. The van der Waals surface area contributed by atoms with Crippen molar-refractivity contribution >= 4 is 0 Å². The molecule has 0 radical (unpaired) electrons. The Balaban J connectivity index is 1.24. The monoisotopic (exact) mass is 495 g/mol. The summed E-state index contributed by atoms with van der Waals surface area (Å²) < 4.78 is 13.8. The molecule has 0 atom stereocenters. The van der Waals surface area contributed by atoms with Crippen molar-refractivity contribution in [2.45, 2.75) is 77.6 Å². The van der Waals surface area contributed by atoms with E-state index in [4.69, 9.17) is 9.47 Å². The summed E-state index contributed by atoms with van der Waals surface area (Å²) in [5, 5.41) is 8.57. The number of nitrogens with zero attached hydrogens (tertiary/aromatic N) is 3. The fourth-order valence-corrected chi connectivity index (χ4v) is 4.79. The molecule has 4 aliphatic rings. The molecular formula is C32H37N3O2. The number of benzene rings is 3. The highest BCUT2D eigenvalue weighted by Crippen LogP contribution is 2.19. The summed E-state index contributed by atoms with van der Waals surface area (Å²) in [6.45, 7) is 1.53. The zero-order chi connectivity index (χ0) is 25.1. The Hall–Kier alpha value is -3.44. The van der Waals surface area contributed by atoms with E-state index in [0.29, 0.717) is 19.8 Å². The Morgan fingerprint density at radius 1 is 0.595 bits per heavy atom. The van der Waals surface area contributed by atoms with Crippen molar-refractivity contribution in [1.29, 1.82) is 0 Å². The van der Waals surface area contributed by atoms with Gasteiger partial charge in [0, 0.05) is 6.07 Å². The molecule has 5 heterocycles. The maximum atomic E-state index is 6.08. The highest BCUT2D eigenvalue weighted by molar-refractivity contribution is 5.38. The van der Waals surface area contributed by atoms with E-state index in [1.807, 2.05) is 30.5 Å². The maximum absolute atomic E-state index is 6.08. The molecule has 192 valence electrons. The lowest BCUT2D eigenvalue weighted by Gasteiger charge is -2.09. The van der Waals surface area contributed by atoms with E-state index in [9.17, 15) is 0 Å². The smallest absolute Gasteiger partial charge is 0.121 e. The van der Waals surface area contributed by atoms with E-state index in [1.165, 1.54) is 67.2 Å². The zero-order valence-electron chi connectivity index (χ0n) is 21.6. The predicted octanol–water partition coefficient (Wildman–Crippen LogP) is 7.39. The van der Waals surface area contributed by atoms with E-state index in [1.54, 1.807) is 4.68 Å². The van der Waals surface area contributed by atoms with Crippen LogP contribution in [-0.2, 0) is 37.4 Å². The van der Waals surface area contributed by atoms with Crippen LogP contribution in [0.15, 0.2) is 79.0 Å². The van der Waals surface area contributed by atoms with Gasteiger partial charge in [-0.2, -0.15) is 0 Å². The van der Waals surface area contributed by atoms with E-state index in [-0.39, 0.29) is 0 Å². The lowest BCUT2D eigenvalue weighted by atomic mass is 10.0. The minimum atomic E-state index is 0.425. The normalized spacial score (nSPS) is 16.0. The summed E-state index contributed by atoms with van der Waals surface area (Å²) in [5.41, 5.74) is 6.90. The van der Waals surface area contributed by atoms with Crippen molar-refractivity contribution < 1.29 is 9.47 Å². The molecule has 8 bridgehead atoms. The average Bonchev–Trinajstić information content (AvgIpc) is 3.41. The Bertz CT molecular complexity index is 1230. The molecule has 3 aromatic carbocycles. The van der Waals surface area contributed by atoms with Gasteiger partial charge in [-0.05, 0) is 60.1 Å². The molecule has 8 rings (SSSR count). The first kappa shape index (κ1) is 25.2. The maximum Gasteiger partial charge on any atom is 0.121 e. The highest BCUT2D eigenvalue weighted by Gasteiger charge is 2.06. The van der Waals surface area contributed by atoms with E-state index < -0.39 is 0 Å². The van der Waals surface area contributed by atoms with Crippen molar-refractivity contribution in [2.75, 3.05) is 0 Å². The molecule has 0 saturated carbocycles. The van der Waals surface area contributed by atoms with Crippen LogP contribution in [0.2, 0.25) is 0 Å². The highest BCUT2D eigenvalue weighted by atomic mass is 16.5. The van der Waals surface area contributed by atoms with Crippen LogP contribution in [0, 0.1) is 0 Å².